The van der Waals surface area contributed by atoms with Gasteiger partial charge >= 0.3 is 6.18 Å². The van der Waals surface area contributed by atoms with Gasteiger partial charge in [0.2, 0.25) is 0 Å². The predicted molar refractivity (Wildman–Crippen MR) is 122 cm³/mol. The molecular formula is C24H27F3N4O. The van der Waals surface area contributed by atoms with Crippen LogP contribution in [0.15, 0.2) is 42.6 Å². The summed E-state index contributed by atoms with van der Waals surface area (Å²) in [6, 6.07) is 9.82. The zero-order valence-corrected chi connectivity index (χ0v) is 18.4. The highest BCUT2D eigenvalue weighted by Gasteiger charge is 2.33. The molecule has 1 aromatic heterocycles. The van der Waals surface area contributed by atoms with Crippen molar-refractivity contribution in [3.05, 3.63) is 59.3 Å². The van der Waals surface area contributed by atoms with Crippen LogP contribution >= 0.6 is 0 Å². The smallest absolute Gasteiger partial charge is 0.416 e. The normalized spacial score (nSPS) is 15.6. The molecule has 2 aromatic carbocycles. The Kier molecular flexibility index (Phi) is 6.15. The highest BCUT2D eigenvalue weighted by molar-refractivity contribution is 5.95. The molecule has 0 aliphatic carbocycles. The summed E-state index contributed by atoms with van der Waals surface area (Å²) < 4.78 is 45.7. The number of halogens is 3. The number of piperazine rings is 1. The molecule has 1 fully saturated rings. The standard InChI is InChI=1S/C24H27F3N4O/c1-15-17(5-4-6-19(15)24(25,26)27)16(2)30-20-7-8-29-21-14-23(32-3)22(13-18(20)21)31-11-9-28-10-12-31/h4-8,13-14,16,28H,9-12H2,1-3H3,(H,29,30)/t16-/m1/s1. The summed E-state index contributed by atoms with van der Waals surface area (Å²) in [6.45, 7) is 6.91. The molecule has 0 amide bonds. The minimum Gasteiger partial charge on any atom is -0.495 e. The molecule has 3 aromatic rings. The molecule has 0 spiro atoms. The zero-order chi connectivity index (χ0) is 22.9. The topological polar surface area (TPSA) is 49.4 Å². The molecular weight excluding hydrogens is 417 g/mol. The van der Waals surface area contributed by atoms with Gasteiger partial charge in [-0.1, -0.05) is 12.1 Å². The van der Waals surface area contributed by atoms with E-state index in [-0.39, 0.29) is 11.6 Å². The summed E-state index contributed by atoms with van der Waals surface area (Å²) in [7, 11) is 1.65. The molecule has 8 heteroatoms. The Morgan fingerprint density at radius 2 is 1.91 bits per heavy atom. The molecule has 4 rings (SSSR count). The third kappa shape index (κ3) is 4.32. The summed E-state index contributed by atoms with van der Waals surface area (Å²) >= 11 is 0. The molecule has 1 aliphatic heterocycles. The number of ether oxygens (including phenoxy) is 1. The maximum atomic E-state index is 13.4. The summed E-state index contributed by atoms with van der Waals surface area (Å²) in [5.74, 6) is 0.755. The van der Waals surface area contributed by atoms with E-state index in [2.05, 4.69) is 26.6 Å². The molecule has 2 heterocycles. The SMILES string of the molecule is COc1cc2nccc(N[C@H](C)c3cccc(C(F)(F)F)c3C)c2cc1N1CCNCC1. The number of methoxy groups -OCH3 is 1. The van der Waals surface area contributed by atoms with Gasteiger partial charge in [-0.3, -0.25) is 4.98 Å². The van der Waals surface area contributed by atoms with Crippen molar-refractivity contribution < 1.29 is 17.9 Å². The van der Waals surface area contributed by atoms with Crippen LogP contribution in [0.4, 0.5) is 24.5 Å². The minimum atomic E-state index is -4.38. The van der Waals surface area contributed by atoms with Crippen molar-refractivity contribution >= 4 is 22.3 Å². The first-order valence-electron chi connectivity index (χ1n) is 10.6. The van der Waals surface area contributed by atoms with Crippen molar-refractivity contribution in [1.29, 1.82) is 0 Å². The molecule has 0 saturated carbocycles. The van der Waals surface area contributed by atoms with Crippen LogP contribution in [0.3, 0.4) is 0 Å². The van der Waals surface area contributed by atoms with Gasteiger partial charge in [0.25, 0.3) is 0 Å². The Labute approximate surface area is 185 Å². The molecule has 1 aliphatic rings. The van der Waals surface area contributed by atoms with Crippen LogP contribution in [0.5, 0.6) is 5.75 Å². The van der Waals surface area contributed by atoms with Crippen molar-refractivity contribution in [2.45, 2.75) is 26.1 Å². The molecule has 32 heavy (non-hydrogen) atoms. The number of nitrogens with one attached hydrogen (secondary N) is 2. The van der Waals surface area contributed by atoms with Crippen LogP contribution in [-0.4, -0.2) is 38.3 Å². The van der Waals surface area contributed by atoms with E-state index in [1.807, 2.05) is 19.1 Å². The lowest BCUT2D eigenvalue weighted by Crippen LogP contribution is -2.43. The number of pyridine rings is 1. The van der Waals surface area contributed by atoms with Gasteiger partial charge in [-0.15, -0.1) is 0 Å². The second kappa shape index (κ2) is 8.86. The number of benzene rings is 2. The van der Waals surface area contributed by atoms with Crippen LogP contribution in [0.25, 0.3) is 10.9 Å². The highest BCUT2D eigenvalue weighted by atomic mass is 19.4. The number of aromatic nitrogens is 1. The van der Waals surface area contributed by atoms with Crippen molar-refractivity contribution in [2.75, 3.05) is 43.5 Å². The van der Waals surface area contributed by atoms with Gasteiger partial charge in [0.1, 0.15) is 5.75 Å². The first-order valence-corrected chi connectivity index (χ1v) is 10.6. The first kappa shape index (κ1) is 22.2. The average Bonchev–Trinajstić information content (AvgIpc) is 2.78. The molecule has 0 radical (unpaired) electrons. The van der Waals surface area contributed by atoms with Crippen LogP contribution < -0.4 is 20.3 Å². The summed E-state index contributed by atoms with van der Waals surface area (Å²) in [5, 5.41) is 7.66. The largest absolute Gasteiger partial charge is 0.495 e. The average molecular weight is 445 g/mol. The lowest BCUT2D eigenvalue weighted by molar-refractivity contribution is -0.138. The highest BCUT2D eigenvalue weighted by Crippen LogP contribution is 2.38. The number of rotatable bonds is 5. The first-order chi connectivity index (χ1) is 15.3. The fourth-order valence-electron chi connectivity index (χ4n) is 4.35. The number of hydrogen-bond donors (Lipinski definition) is 2. The Hall–Kier alpha value is -3.00. The van der Waals surface area contributed by atoms with E-state index >= 15 is 0 Å². The second-order valence-electron chi connectivity index (χ2n) is 8.02. The summed E-state index contributed by atoms with van der Waals surface area (Å²) in [6.07, 6.45) is -2.68. The van der Waals surface area contributed by atoms with Crippen LogP contribution in [-0.2, 0) is 6.18 Å². The van der Waals surface area contributed by atoms with E-state index in [9.17, 15) is 13.2 Å². The van der Waals surface area contributed by atoms with E-state index in [0.29, 0.717) is 5.56 Å². The molecule has 0 unspecified atom stereocenters. The maximum absolute atomic E-state index is 13.4. The van der Waals surface area contributed by atoms with Gasteiger partial charge in [0.15, 0.2) is 0 Å². The van der Waals surface area contributed by atoms with Gasteiger partial charge in [0.05, 0.1) is 23.9 Å². The number of fused-ring (bicyclic) bond motifs is 1. The predicted octanol–water partition coefficient (Wildman–Crippen LogP) is 5.15. The monoisotopic (exact) mass is 444 g/mol. The van der Waals surface area contributed by atoms with E-state index in [1.165, 1.54) is 13.0 Å². The maximum Gasteiger partial charge on any atom is 0.416 e. The van der Waals surface area contributed by atoms with Crippen molar-refractivity contribution in [2.24, 2.45) is 0 Å². The molecule has 5 nitrogen and oxygen atoms in total. The second-order valence-corrected chi connectivity index (χ2v) is 8.02. The Balaban J connectivity index is 1.72. The van der Waals surface area contributed by atoms with Gasteiger partial charge in [0, 0.05) is 55.6 Å². The number of alkyl halides is 3. The number of hydrogen-bond acceptors (Lipinski definition) is 5. The van der Waals surface area contributed by atoms with Crippen molar-refractivity contribution in [3.8, 4) is 5.75 Å². The molecule has 1 saturated heterocycles. The fraction of sp³-hybridized carbons (Fsp3) is 0.375. The van der Waals surface area contributed by atoms with Crippen LogP contribution in [0.1, 0.15) is 29.7 Å². The lowest BCUT2D eigenvalue weighted by Gasteiger charge is -2.31. The molecule has 2 N–H and O–H groups in total. The zero-order valence-electron chi connectivity index (χ0n) is 18.4. The number of nitrogens with zero attached hydrogens (tertiary/aromatic N) is 2. The van der Waals surface area contributed by atoms with Gasteiger partial charge in [-0.2, -0.15) is 13.2 Å². The quantitative estimate of drug-likeness (QED) is 0.570. The van der Waals surface area contributed by atoms with Crippen molar-refractivity contribution in [3.63, 3.8) is 0 Å². The van der Waals surface area contributed by atoms with E-state index in [4.69, 9.17) is 4.74 Å². The van der Waals surface area contributed by atoms with E-state index in [0.717, 1.165) is 60.3 Å². The Morgan fingerprint density at radius 3 is 2.59 bits per heavy atom. The Morgan fingerprint density at radius 1 is 1.16 bits per heavy atom. The van der Waals surface area contributed by atoms with Crippen LogP contribution in [0.2, 0.25) is 0 Å². The van der Waals surface area contributed by atoms with Crippen molar-refractivity contribution in [1.82, 2.24) is 10.3 Å². The van der Waals surface area contributed by atoms with Gasteiger partial charge < -0.3 is 20.3 Å². The Bertz CT molecular complexity index is 1110. The molecule has 170 valence electrons. The summed E-state index contributed by atoms with van der Waals surface area (Å²) in [4.78, 5) is 6.75. The molecule has 0 bridgehead atoms. The molecule has 1 atom stereocenters. The third-order valence-electron chi connectivity index (χ3n) is 6.02. The van der Waals surface area contributed by atoms with E-state index in [1.54, 1.807) is 19.4 Å². The van der Waals surface area contributed by atoms with Crippen LogP contribution in [0, 0.1) is 6.92 Å². The van der Waals surface area contributed by atoms with E-state index < -0.39 is 11.7 Å². The number of anilines is 2. The summed E-state index contributed by atoms with van der Waals surface area (Å²) in [5.41, 5.74) is 2.81. The van der Waals surface area contributed by atoms with Gasteiger partial charge in [-0.05, 0) is 43.2 Å². The third-order valence-corrected chi connectivity index (χ3v) is 6.02. The fourth-order valence-corrected chi connectivity index (χ4v) is 4.35. The lowest BCUT2D eigenvalue weighted by atomic mass is 9.97. The minimum absolute atomic E-state index is 0.238. The van der Waals surface area contributed by atoms with Gasteiger partial charge in [-0.25, -0.2) is 0 Å².